The molecule has 0 rings (SSSR count). The maximum absolute atomic E-state index is 12.7. The summed E-state index contributed by atoms with van der Waals surface area (Å²) < 4.78 is 11.3. The Labute approximate surface area is 267 Å². The second kappa shape index (κ2) is 33.7. The molecule has 0 aliphatic heterocycles. The van der Waals surface area contributed by atoms with E-state index in [4.69, 9.17) is 9.47 Å². The number of nitrogens with zero attached hydrogens (tertiary/aromatic N) is 1. The summed E-state index contributed by atoms with van der Waals surface area (Å²) >= 11 is 0. The van der Waals surface area contributed by atoms with Gasteiger partial charge in [-0.05, 0) is 70.9 Å². The van der Waals surface area contributed by atoms with Crippen molar-refractivity contribution in [2.75, 3.05) is 32.8 Å². The van der Waals surface area contributed by atoms with E-state index in [1.54, 1.807) is 0 Å². The fraction of sp³-hybridized carbons (Fsp3) is 0.946. The van der Waals surface area contributed by atoms with Crippen LogP contribution in [-0.4, -0.2) is 60.9 Å². The molecule has 6 heteroatoms. The van der Waals surface area contributed by atoms with Crippen molar-refractivity contribution in [3.63, 3.8) is 0 Å². The van der Waals surface area contributed by atoms with Crippen molar-refractivity contribution < 1.29 is 24.2 Å². The molecule has 0 radical (unpaired) electrons. The number of aliphatic hydroxyl groups excluding tert-OH is 1. The topological polar surface area (TPSA) is 76.1 Å². The molecule has 0 heterocycles. The molecule has 0 aliphatic carbocycles. The molecular formula is C37H73NO5. The van der Waals surface area contributed by atoms with Gasteiger partial charge in [-0.15, -0.1) is 0 Å². The molecule has 0 atom stereocenters. The number of unbranched alkanes of at least 4 members (excludes halogenated alkanes) is 17. The van der Waals surface area contributed by atoms with Gasteiger partial charge < -0.3 is 19.5 Å². The SMILES string of the molecule is CCCCCCCCC(CCCCCCCC)OC(=O)CCCCN(CCO)CCCCCCCC(=O)OCCCCC. The molecule has 0 aromatic rings. The Bertz CT molecular complexity index is 584. The van der Waals surface area contributed by atoms with Crippen molar-refractivity contribution in [3.8, 4) is 0 Å². The first kappa shape index (κ1) is 41.9. The average Bonchev–Trinajstić information content (AvgIpc) is 3.00. The number of hydrogen-bond acceptors (Lipinski definition) is 6. The lowest BCUT2D eigenvalue weighted by Gasteiger charge is -2.21. The van der Waals surface area contributed by atoms with Crippen LogP contribution in [0, 0.1) is 0 Å². The van der Waals surface area contributed by atoms with Crippen molar-refractivity contribution in [2.24, 2.45) is 0 Å². The zero-order valence-electron chi connectivity index (χ0n) is 29.0. The van der Waals surface area contributed by atoms with Crippen LogP contribution in [0.3, 0.4) is 0 Å². The Hall–Kier alpha value is -1.14. The third kappa shape index (κ3) is 30.7. The highest BCUT2D eigenvalue weighted by molar-refractivity contribution is 5.69. The van der Waals surface area contributed by atoms with Crippen LogP contribution >= 0.6 is 0 Å². The maximum Gasteiger partial charge on any atom is 0.306 e. The molecule has 0 bridgehead atoms. The van der Waals surface area contributed by atoms with Crippen LogP contribution in [0.2, 0.25) is 0 Å². The maximum atomic E-state index is 12.7. The largest absolute Gasteiger partial charge is 0.466 e. The number of esters is 2. The van der Waals surface area contributed by atoms with Gasteiger partial charge in [-0.1, -0.05) is 117 Å². The molecule has 0 aliphatic rings. The Morgan fingerprint density at radius 1 is 0.535 bits per heavy atom. The van der Waals surface area contributed by atoms with Gasteiger partial charge >= 0.3 is 11.9 Å². The Morgan fingerprint density at radius 2 is 0.977 bits per heavy atom. The van der Waals surface area contributed by atoms with Gasteiger partial charge in [-0.2, -0.15) is 0 Å². The molecule has 0 aromatic heterocycles. The Kier molecular flexibility index (Phi) is 32.9. The fourth-order valence-corrected chi connectivity index (χ4v) is 5.64. The number of rotatable bonds is 34. The van der Waals surface area contributed by atoms with Gasteiger partial charge in [-0.3, -0.25) is 9.59 Å². The monoisotopic (exact) mass is 612 g/mol. The van der Waals surface area contributed by atoms with Crippen LogP contribution in [-0.2, 0) is 19.1 Å². The van der Waals surface area contributed by atoms with Gasteiger partial charge in [0, 0.05) is 19.4 Å². The van der Waals surface area contributed by atoms with E-state index >= 15 is 0 Å². The summed E-state index contributed by atoms with van der Waals surface area (Å²) in [4.78, 5) is 26.8. The quantitative estimate of drug-likeness (QED) is 0.0576. The molecule has 43 heavy (non-hydrogen) atoms. The molecule has 0 amide bonds. The number of carbonyl (C=O) groups is 2. The smallest absolute Gasteiger partial charge is 0.306 e. The lowest BCUT2D eigenvalue weighted by atomic mass is 10.0. The third-order valence-corrected chi connectivity index (χ3v) is 8.45. The number of hydrogen-bond donors (Lipinski definition) is 1. The normalized spacial score (nSPS) is 11.5. The zero-order chi connectivity index (χ0) is 31.6. The summed E-state index contributed by atoms with van der Waals surface area (Å²) in [6.07, 6.45) is 28.8. The highest BCUT2D eigenvalue weighted by atomic mass is 16.5. The lowest BCUT2D eigenvalue weighted by Crippen LogP contribution is -2.29. The van der Waals surface area contributed by atoms with Crippen molar-refractivity contribution >= 4 is 11.9 Å². The summed E-state index contributed by atoms with van der Waals surface area (Å²) in [7, 11) is 0. The fourth-order valence-electron chi connectivity index (χ4n) is 5.64. The van der Waals surface area contributed by atoms with Gasteiger partial charge in [0.2, 0.25) is 0 Å². The van der Waals surface area contributed by atoms with E-state index in [-0.39, 0.29) is 24.6 Å². The van der Waals surface area contributed by atoms with Crippen LogP contribution in [0.5, 0.6) is 0 Å². The van der Waals surface area contributed by atoms with Crippen LogP contribution in [0.25, 0.3) is 0 Å². The Morgan fingerprint density at radius 3 is 1.56 bits per heavy atom. The summed E-state index contributed by atoms with van der Waals surface area (Å²) in [5.74, 6) is -0.0826. The van der Waals surface area contributed by atoms with E-state index in [9.17, 15) is 14.7 Å². The summed E-state index contributed by atoms with van der Waals surface area (Å²) in [6, 6.07) is 0. The van der Waals surface area contributed by atoms with Crippen molar-refractivity contribution in [1.29, 1.82) is 0 Å². The van der Waals surface area contributed by atoms with Gasteiger partial charge in [0.25, 0.3) is 0 Å². The van der Waals surface area contributed by atoms with E-state index in [0.29, 0.717) is 26.0 Å². The number of ether oxygens (including phenoxy) is 2. The molecule has 0 saturated carbocycles. The van der Waals surface area contributed by atoms with E-state index in [0.717, 1.165) is 90.1 Å². The van der Waals surface area contributed by atoms with Gasteiger partial charge in [0.15, 0.2) is 0 Å². The lowest BCUT2D eigenvalue weighted by molar-refractivity contribution is -0.150. The molecule has 0 fully saturated rings. The van der Waals surface area contributed by atoms with E-state index in [1.165, 1.54) is 77.0 Å². The minimum absolute atomic E-state index is 0.0273. The Balaban J connectivity index is 4.13. The molecule has 0 aromatic carbocycles. The van der Waals surface area contributed by atoms with Crippen LogP contribution in [0.15, 0.2) is 0 Å². The second-order valence-electron chi connectivity index (χ2n) is 12.7. The molecule has 0 saturated heterocycles. The summed E-state index contributed by atoms with van der Waals surface area (Å²) in [5, 5.41) is 9.50. The molecule has 0 spiro atoms. The van der Waals surface area contributed by atoms with Gasteiger partial charge in [0.1, 0.15) is 6.10 Å². The van der Waals surface area contributed by atoms with Crippen LogP contribution in [0.4, 0.5) is 0 Å². The van der Waals surface area contributed by atoms with Crippen LogP contribution < -0.4 is 0 Å². The molecule has 6 nitrogen and oxygen atoms in total. The van der Waals surface area contributed by atoms with Gasteiger partial charge in [-0.25, -0.2) is 0 Å². The first-order chi connectivity index (χ1) is 21.1. The second-order valence-corrected chi connectivity index (χ2v) is 12.7. The zero-order valence-corrected chi connectivity index (χ0v) is 29.0. The summed E-state index contributed by atoms with van der Waals surface area (Å²) in [5.41, 5.74) is 0. The van der Waals surface area contributed by atoms with Gasteiger partial charge in [0.05, 0.1) is 13.2 Å². The van der Waals surface area contributed by atoms with Crippen molar-refractivity contribution in [2.45, 2.75) is 194 Å². The minimum Gasteiger partial charge on any atom is -0.466 e. The van der Waals surface area contributed by atoms with Crippen molar-refractivity contribution in [1.82, 2.24) is 4.90 Å². The number of carbonyl (C=O) groups excluding carboxylic acids is 2. The first-order valence-electron chi connectivity index (χ1n) is 18.8. The standard InChI is InChI=1S/C37H73NO5/c1-4-7-10-12-15-19-26-35(27-20-16-13-11-8-5-2)43-37(41)29-22-24-31-38(32-33-39)30-23-18-14-17-21-28-36(40)42-34-25-9-6-3/h35,39H,4-34H2,1-3H3. The van der Waals surface area contributed by atoms with Crippen molar-refractivity contribution in [3.05, 3.63) is 0 Å². The summed E-state index contributed by atoms with van der Waals surface area (Å²) in [6.45, 7) is 9.96. The third-order valence-electron chi connectivity index (χ3n) is 8.45. The molecule has 1 N–H and O–H groups in total. The minimum atomic E-state index is -0.0553. The van der Waals surface area contributed by atoms with Crippen LogP contribution in [0.1, 0.15) is 188 Å². The highest BCUT2D eigenvalue weighted by Gasteiger charge is 2.15. The first-order valence-corrected chi connectivity index (χ1v) is 18.8. The molecule has 0 unspecified atom stereocenters. The highest BCUT2D eigenvalue weighted by Crippen LogP contribution is 2.18. The van der Waals surface area contributed by atoms with E-state index < -0.39 is 0 Å². The predicted molar refractivity (Wildman–Crippen MR) is 181 cm³/mol. The van der Waals surface area contributed by atoms with E-state index in [1.807, 2.05) is 0 Å². The average molecular weight is 612 g/mol. The number of aliphatic hydroxyl groups is 1. The van der Waals surface area contributed by atoms with E-state index in [2.05, 4.69) is 25.7 Å². The molecular weight excluding hydrogens is 538 g/mol. The predicted octanol–water partition coefficient (Wildman–Crippen LogP) is 9.94. The molecule has 256 valence electrons.